The minimum Gasteiger partial charge on any atom is -0.431 e. The van der Waals surface area contributed by atoms with Crippen LogP contribution in [0.1, 0.15) is 16.7 Å². The first-order valence-electron chi connectivity index (χ1n) is 8.08. The number of benzene rings is 3. The van der Waals surface area contributed by atoms with E-state index in [1.807, 2.05) is 18.2 Å². The highest BCUT2D eigenvalue weighted by molar-refractivity contribution is 6.70. The minimum atomic E-state index is -2.47. The molecule has 0 atom stereocenters. The number of rotatable bonds is 6. The van der Waals surface area contributed by atoms with E-state index in [2.05, 4.69) is 72.8 Å². The third-order valence-electron chi connectivity index (χ3n) is 4.13. The van der Waals surface area contributed by atoms with Crippen molar-refractivity contribution in [2.24, 2.45) is 0 Å². The second-order valence-electron chi connectivity index (χ2n) is 6.21. The van der Waals surface area contributed by atoms with Gasteiger partial charge in [0, 0.05) is 0 Å². The highest BCUT2D eigenvalue weighted by Crippen LogP contribution is 2.20. The van der Waals surface area contributed by atoms with Gasteiger partial charge in [0.25, 0.3) is 0 Å². The normalized spacial score (nSPS) is 11.3. The van der Waals surface area contributed by atoms with Crippen molar-refractivity contribution in [1.82, 2.24) is 0 Å². The van der Waals surface area contributed by atoms with E-state index < -0.39 is 8.32 Å². The molecule has 2 heteroatoms. The van der Waals surface area contributed by atoms with E-state index in [0.29, 0.717) is 0 Å². The lowest BCUT2D eigenvalue weighted by atomic mass is 10.2. The summed E-state index contributed by atoms with van der Waals surface area (Å²) in [5, 5.41) is 0. The van der Waals surface area contributed by atoms with E-state index in [-0.39, 0.29) is 0 Å². The van der Waals surface area contributed by atoms with Gasteiger partial charge in [-0.1, -0.05) is 91.0 Å². The molecule has 0 heterocycles. The minimum absolute atomic E-state index is 0.789. The summed E-state index contributed by atoms with van der Waals surface area (Å²) in [5.74, 6) is 0. The van der Waals surface area contributed by atoms with Crippen LogP contribution in [0.4, 0.5) is 0 Å². The summed E-state index contributed by atoms with van der Waals surface area (Å²) < 4.78 is 0. The molecule has 0 aliphatic carbocycles. The van der Waals surface area contributed by atoms with Gasteiger partial charge in [-0.05, 0) is 34.8 Å². The van der Waals surface area contributed by atoms with Crippen molar-refractivity contribution in [1.29, 1.82) is 0 Å². The lowest BCUT2D eigenvalue weighted by molar-refractivity contribution is 0.523. The Morgan fingerprint density at radius 2 is 0.739 bits per heavy atom. The molecule has 0 bridgehead atoms. The van der Waals surface area contributed by atoms with E-state index in [1.54, 1.807) is 0 Å². The van der Waals surface area contributed by atoms with Crippen LogP contribution in [-0.2, 0) is 18.1 Å². The Kier molecular flexibility index (Phi) is 5.06. The van der Waals surface area contributed by atoms with Crippen molar-refractivity contribution in [3.63, 3.8) is 0 Å². The summed E-state index contributed by atoms with van der Waals surface area (Å²) in [5.41, 5.74) is 3.69. The molecular weight excluding hydrogens is 296 g/mol. The highest BCUT2D eigenvalue weighted by atomic mass is 28.4. The molecule has 0 saturated heterocycles. The van der Waals surface area contributed by atoms with Crippen molar-refractivity contribution in [3.8, 4) is 0 Å². The Balaban J connectivity index is 1.85. The van der Waals surface area contributed by atoms with Gasteiger partial charge in [-0.2, -0.15) is 0 Å². The Morgan fingerprint density at radius 1 is 0.478 bits per heavy atom. The summed E-state index contributed by atoms with van der Waals surface area (Å²) >= 11 is 0. The van der Waals surface area contributed by atoms with Crippen LogP contribution < -0.4 is 0 Å². The molecule has 0 spiro atoms. The van der Waals surface area contributed by atoms with Crippen LogP contribution >= 0.6 is 0 Å². The van der Waals surface area contributed by atoms with E-state index in [1.165, 1.54) is 16.7 Å². The summed E-state index contributed by atoms with van der Waals surface area (Å²) in [7, 11) is -2.47. The second kappa shape index (κ2) is 7.40. The molecule has 3 aromatic rings. The van der Waals surface area contributed by atoms with Crippen molar-refractivity contribution in [3.05, 3.63) is 108 Å². The fourth-order valence-corrected chi connectivity index (χ4v) is 6.48. The molecule has 0 amide bonds. The molecular formula is C21H22OSi. The smallest absolute Gasteiger partial charge is 0.201 e. The van der Waals surface area contributed by atoms with E-state index in [9.17, 15) is 4.80 Å². The lowest BCUT2D eigenvalue weighted by Gasteiger charge is -2.26. The second-order valence-corrected chi connectivity index (χ2v) is 9.72. The summed E-state index contributed by atoms with van der Waals surface area (Å²) in [6.45, 7) is 0. The Morgan fingerprint density at radius 3 is 1.00 bits per heavy atom. The van der Waals surface area contributed by atoms with Gasteiger partial charge >= 0.3 is 0 Å². The van der Waals surface area contributed by atoms with Gasteiger partial charge in [-0.15, -0.1) is 0 Å². The molecule has 0 fully saturated rings. The zero-order chi connectivity index (χ0) is 16.0. The zero-order valence-electron chi connectivity index (χ0n) is 13.2. The van der Waals surface area contributed by atoms with Crippen molar-refractivity contribution < 1.29 is 4.80 Å². The maximum Gasteiger partial charge on any atom is 0.201 e. The van der Waals surface area contributed by atoms with E-state index in [0.717, 1.165) is 18.1 Å². The molecule has 0 unspecified atom stereocenters. The van der Waals surface area contributed by atoms with Crippen LogP contribution in [0.15, 0.2) is 91.0 Å². The van der Waals surface area contributed by atoms with Gasteiger partial charge < -0.3 is 4.80 Å². The first-order chi connectivity index (χ1) is 11.2. The zero-order valence-corrected chi connectivity index (χ0v) is 14.2. The molecule has 1 N–H and O–H groups in total. The molecule has 0 radical (unpaired) electrons. The van der Waals surface area contributed by atoms with Gasteiger partial charge in [0.15, 0.2) is 0 Å². The maximum absolute atomic E-state index is 11.5. The largest absolute Gasteiger partial charge is 0.431 e. The summed E-state index contributed by atoms with van der Waals surface area (Å²) in [6, 6.07) is 33.5. The predicted molar refractivity (Wildman–Crippen MR) is 98.4 cm³/mol. The highest BCUT2D eigenvalue weighted by Gasteiger charge is 2.32. The molecule has 1 nitrogen and oxygen atoms in total. The van der Waals surface area contributed by atoms with Crippen LogP contribution in [-0.4, -0.2) is 13.1 Å². The van der Waals surface area contributed by atoms with Crippen molar-refractivity contribution >= 4 is 8.32 Å². The van der Waals surface area contributed by atoms with Gasteiger partial charge in [-0.25, -0.2) is 0 Å². The quantitative estimate of drug-likeness (QED) is 0.673. The maximum atomic E-state index is 11.5. The first kappa shape index (κ1) is 15.7. The number of hydrogen-bond acceptors (Lipinski definition) is 1. The monoisotopic (exact) mass is 318 g/mol. The fourth-order valence-electron chi connectivity index (χ4n) is 3.11. The molecule has 0 aliphatic heterocycles. The topological polar surface area (TPSA) is 20.2 Å². The predicted octanol–water partition coefficient (Wildman–Crippen LogP) is 4.27. The summed E-state index contributed by atoms with van der Waals surface area (Å²) in [6.07, 6.45) is 0. The average Bonchev–Trinajstić information content (AvgIpc) is 2.57. The van der Waals surface area contributed by atoms with Crippen LogP contribution in [0.2, 0.25) is 0 Å². The SMILES string of the molecule is O[Si](Cc1ccccc1)(Cc1ccccc1)Cc1ccccc1. The fraction of sp³-hybridized carbons (Fsp3) is 0.143. The lowest BCUT2D eigenvalue weighted by Crippen LogP contribution is -2.44. The Labute approximate surface area is 139 Å². The third kappa shape index (κ3) is 4.65. The van der Waals surface area contributed by atoms with E-state index in [4.69, 9.17) is 0 Å². The standard InChI is InChI=1S/C21H22OSi/c22-23(16-19-10-4-1-5-11-19,17-20-12-6-2-7-13-20)18-21-14-8-3-9-15-21/h1-15,22H,16-18H2. The molecule has 3 aromatic carbocycles. The van der Waals surface area contributed by atoms with Crippen molar-refractivity contribution in [2.45, 2.75) is 18.1 Å². The van der Waals surface area contributed by atoms with Gasteiger partial charge in [0.2, 0.25) is 8.32 Å². The van der Waals surface area contributed by atoms with Gasteiger partial charge in [0.1, 0.15) is 0 Å². The van der Waals surface area contributed by atoms with Crippen LogP contribution in [0.3, 0.4) is 0 Å². The van der Waals surface area contributed by atoms with Crippen LogP contribution in [0.25, 0.3) is 0 Å². The van der Waals surface area contributed by atoms with E-state index >= 15 is 0 Å². The van der Waals surface area contributed by atoms with Gasteiger partial charge in [0.05, 0.1) is 0 Å². The molecule has 116 valence electrons. The molecule has 0 aromatic heterocycles. The van der Waals surface area contributed by atoms with Gasteiger partial charge in [-0.3, -0.25) is 0 Å². The number of hydrogen-bond donors (Lipinski definition) is 1. The third-order valence-corrected chi connectivity index (χ3v) is 7.33. The molecule has 0 aliphatic rings. The van der Waals surface area contributed by atoms with Crippen LogP contribution in [0, 0.1) is 0 Å². The molecule has 0 saturated carbocycles. The average molecular weight is 318 g/mol. The Bertz CT molecular complexity index is 609. The van der Waals surface area contributed by atoms with Crippen LogP contribution in [0.5, 0.6) is 0 Å². The summed E-state index contributed by atoms with van der Waals surface area (Å²) in [4.78, 5) is 11.5. The molecule has 3 rings (SSSR count). The first-order valence-corrected chi connectivity index (χ1v) is 10.6. The molecule has 23 heavy (non-hydrogen) atoms. The van der Waals surface area contributed by atoms with Crippen molar-refractivity contribution in [2.75, 3.05) is 0 Å². The Hall–Kier alpha value is -2.16.